The predicted molar refractivity (Wildman–Crippen MR) is 109 cm³/mol. The Bertz CT molecular complexity index is 724. The van der Waals surface area contributed by atoms with E-state index in [-0.39, 0.29) is 0 Å². The average molecular weight is 376 g/mol. The normalized spacial score (nSPS) is 15.3. The van der Waals surface area contributed by atoms with Crippen molar-refractivity contribution in [2.75, 3.05) is 44.3 Å². The van der Waals surface area contributed by atoms with E-state index >= 15 is 0 Å². The molecule has 0 aromatic carbocycles. The van der Waals surface area contributed by atoms with Crippen LogP contribution in [0, 0.1) is 0 Å². The van der Waals surface area contributed by atoms with Crippen LogP contribution in [0.5, 0.6) is 6.01 Å². The number of nitrogens with zero attached hydrogens (tertiary/aromatic N) is 5. The molecular formula is C19H33N7O. The Labute approximate surface area is 161 Å². The van der Waals surface area contributed by atoms with E-state index in [4.69, 9.17) is 10.5 Å². The minimum atomic E-state index is 0.393. The largest absolute Gasteiger partial charge is 0.468 e. The summed E-state index contributed by atoms with van der Waals surface area (Å²) < 4.78 is 7.49. The summed E-state index contributed by atoms with van der Waals surface area (Å²) in [5.74, 6) is 0.954. The first-order valence-electron chi connectivity index (χ1n) is 10.3. The molecule has 8 nitrogen and oxygen atoms in total. The number of hydrogen-bond donors (Lipinski definition) is 2. The zero-order valence-electron chi connectivity index (χ0n) is 16.7. The summed E-state index contributed by atoms with van der Waals surface area (Å²) in [6.07, 6.45) is 8.46. The molecule has 0 unspecified atom stereocenters. The lowest BCUT2D eigenvalue weighted by Gasteiger charge is -2.26. The van der Waals surface area contributed by atoms with E-state index in [9.17, 15) is 0 Å². The van der Waals surface area contributed by atoms with E-state index in [1.165, 1.54) is 32.4 Å². The molecule has 3 heterocycles. The van der Waals surface area contributed by atoms with Crippen LogP contribution >= 0.6 is 0 Å². The minimum Gasteiger partial charge on any atom is -0.468 e. The zero-order valence-corrected chi connectivity index (χ0v) is 16.7. The minimum absolute atomic E-state index is 0.393. The lowest BCUT2D eigenvalue weighted by atomic mass is 10.1. The molecule has 0 atom stereocenters. The number of methoxy groups -OCH3 is 1. The standard InChI is InChI=1S/C19H33N7O/c1-3-4-10-21-18-23-16(20)15-17(24-18)26(19(22-15)27-2)14-9-8-13-25-11-6-5-7-12-25/h3-14H2,1-2H3,(H3,20,21,23,24). The highest BCUT2D eigenvalue weighted by atomic mass is 16.5. The molecular weight excluding hydrogens is 342 g/mol. The van der Waals surface area contributed by atoms with Gasteiger partial charge in [-0.3, -0.25) is 4.57 Å². The smallest absolute Gasteiger partial charge is 0.298 e. The van der Waals surface area contributed by atoms with E-state index < -0.39 is 0 Å². The molecule has 1 saturated heterocycles. The second-order valence-corrected chi connectivity index (χ2v) is 7.24. The highest BCUT2D eigenvalue weighted by Gasteiger charge is 2.17. The van der Waals surface area contributed by atoms with E-state index in [0.717, 1.165) is 51.0 Å². The molecule has 0 saturated carbocycles. The summed E-state index contributed by atoms with van der Waals surface area (Å²) in [4.78, 5) is 16.1. The summed E-state index contributed by atoms with van der Waals surface area (Å²) in [5, 5.41) is 3.25. The number of aryl methyl sites for hydroxylation is 1. The summed E-state index contributed by atoms with van der Waals surface area (Å²) in [6.45, 7) is 7.46. The van der Waals surface area contributed by atoms with Gasteiger partial charge in [-0.25, -0.2) is 0 Å². The van der Waals surface area contributed by atoms with E-state index in [0.29, 0.717) is 23.3 Å². The SMILES string of the molecule is CCCCNc1nc(N)c2nc(OC)n(CCCCN3CCCCC3)c2n1. The molecule has 2 aromatic rings. The number of likely N-dealkylation sites (tertiary alicyclic amines) is 1. The van der Waals surface area contributed by atoms with Crippen molar-refractivity contribution in [1.82, 2.24) is 24.4 Å². The second kappa shape index (κ2) is 9.73. The Morgan fingerprint density at radius 2 is 1.81 bits per heavy atom. The lowest BCUT2D eigenvalue weighted by Crippen LogP contribution is -2.30. The molecule has 0 spiro atoms. The summed E-state index contributed by atoms with van der Waals surface area (Å²) >= 11 is 0. The van der Waals surface area contributed by atoms with Crippen molar-refractivity contribution < 1.29 is 4.74 Å². The van der Waals surface area contributed by atoms with Crippen LogP contribution in [0.25, 0.3) is 11.2 Å². The molecule has 150 valence electrons. The van der Waals surface area contributed by atoms with Gasteiger partial charge in [-0.1, -0.05) is 19.8 Å². The van der Waals surface area contributed by atoms with Crippen LogP contribution in [0.15, 0.2) is 0 Å². The maximum Gasteiger partial charge on any atom is 0.298 e. The third-order valence-corrected chi connectivity index (χ3v) is 5.14. The Morgan fingerprint density at radius 1 is 1.04 bits per heavy atom. The molecule has 3 rings (SSSR count). The number of ether oxygens (including phenoxy) is 1. The Kier molecular flexibility index (Phi) is 7.09. The van der Waals surface area contributed by atoms with Gasteiger partial charge in [0.25, 0.3) is 6.01 Å². The van der Waals surface area contributed by atoms with Gasteiger partial charge in [-0.2, -0.15) is 15.0 Å². The number of nitrogens with one attached hydrogen (secondary N) is 1. The lowest BCUT2D eigenvalue weighted by molar-refractivity contribution is 0.223. The van der Waals surface area contributed by atoms with Crippen molar-refractivity contribution in [1.29, 1.82) is 0 Å². The van der Waals surface area contributed by atoms with Crippen molar-refractivity contribution in [3.05, 3.63) is 0 Å². The van der Waals surface area contributed by atoms with E-state index in [2.05, 4.69) is 32.1 Å². The molecule has 27 heavy (non-hydrogen) atoms. The van der Waals surface area contributed by atoms with Crippen molar-refractivity contribution in [3.8, 4) is 6.01 Å². The van der Waals surface area contributed by atoms with Gasteiger partial charge >= 0.3 is 0 Å². The average Bonchev–Trinajstić information content (AvgIpc) is 3.04. The monoisotopic (exact) mass is 375 g/mol. The first kappa shape index (κ1) is 19.7. The van der Waals surface area contributed by atoms with Crippen LogP contribution in [0.1, 0.15) is 51.9 Å². The van der Waals surface area contributed by atoms with E-state index in [1.54, 1.807) is 7.11 Å². The van der Waals surface area contributed by atoms with Crippen LogP contribution < -0.4 is 15.8 Å². The zero-order chi connectivity index (χ0) is 19.1. The number of imidazole rings is 1. The van der Waals surface area contributed by atoms with Crippen molar-refractivity contribution in [2.24, 2.45) is 0 Å². The van der Waals surface area contributed by atoms with E-state index in [1.807, 2.05) is 4.57 Å². The van der Waals surface area contributed by atoms with Gasteiger partial charge in [-0.05, 0) is 51.7 Å². The first-order chi connectivity index (χ1) is 13.2. The number of unbranched alkanes of at least 4 members (excludes halogenated alkanes) is 2. The Hall–Kier alpha value is -2.09. The fraction of sp³-hybridized carbons (Fsp3) is 0.737. The maximum atomic E-state index is 6.12. The molecule has 1 fully saturated rings. The summed E-state index contributed by atoms with van der Waals surface area (Å²) in [6, 6.07) is 0.551. The summed E-state index contributed by atoms with van der Waals surface area (Å²) in [7, 11) is 1.63. The van der Waals surface area contributed by atoms with Gasteiger partial charge < -0.3 is 20.7 Å². The third kappa shape index (κ3) is 5.00. The second-order valence-electron chi connectivity index (χ2n) is 7.24. The van der Waals surface area contributed by atoms with Crippen LogP contribution in [0.4, 0.5) is 11.8 Å². The number of hydrogen-bond acceptors (Lipinski definition) is 7. The van der Waals surface area contributed by atoms with Crippen LogP contribution in [0.3, 0.4) is 0 Å². The maximum absolute atomic E-state index is 6.12. The fourth-order valence-corrected chi connectivity index (χ4v) is 3.60. The number of rotatable bonds is 10. The Morgan fingerprint density at radius 3 is 2.56 bits per heavy atom. The molecule has 1 aliphatic heterocycles. The third-order valence-electron chi connectivity index (χ3n) is 5.14. The van der Waals surface area contributed by atoms with Crippen LogP contribution in [0.2, 0.25) is 0 Å². The van der Waals surface area contributed by atoms with Gasteiger partial charge in [0.15, 0.2) is 17.0 Å². The number of nitrogen functional groups attached to an aromatic ring is 1. The molecule has 1 aliphatic rings. The van der Waals surface area contributed by atoms with Gasteiger partial charge in [-0.15, -0.1) is 0 Å². The van der Waals surface area contributed by atoms with Gasteiger partial charge in [0.2, 0.25) is 5.95 Å². The molecule has 0 amide bonds. The Balaban J connectivity index is 1.68. The number of fused-ring (bicyclic) bond motifs is 1. The topological polar surface area (TPSA) is 94.1 Å². The number of anilines is 2. The van der Waals surface area contributed by atoms with Crippen molar-refractivity contribution >= 4 is 22.9 Å². The number of nitrogens with two attached hydrogens (primary N) is 1. The molecule has 8 heteroatoms. The van der Waals surface area contributed by atoms with Crippen LogP contribution in [-0.4, -0.2) is 57.7 Å². The molecule has 3 N–H and O–H groups in total. The molecule has 0 bridgehead atoms. The van der Waals surface area contributed by atoms with Gasteiger partial charge in [0.1, 0.15) is 0 Å². The number of piperidine rings is 1. The molecule has 0 radical (unpaired) electrons. The van der Waals surface area contributed by atoms with Crippen molar-refractivity contribution in [3.63, 3.8) is 0 Å². The highest BCUT2D eigenvalue weighted by molar-refractivity contribution is 5.84. The van der Waals surface area contributed by atoms with Gasteiger partial charge in [0.05, 0.1) is 7.11 Å². The van der Waals surface area contributed by atoms with Crippen molar-refractivity contribution in [2.45, 2.75) is 58.4 Å². The molecule has 0 aliphatic carbocycles. The van der Waals surface area contributed by atoms with Crippen LogP contribution in [-0.2, 0) is 6.54 Å². The molecule has 2 aromatic heterocycles. The predicted octanol–water partition coefficient (Wildman–Crippen LogP) is 2.90. The quantitative estimate of drug-likeness (QED) is 0.617. The van der Waals surface area contributed by atoms with Gasteiger partial charge in [0, 0.05) is 13.1 Å². The fourth-order valence-electron chi connectivity index (χ4n) is 3.60. The summed E-state index contributed by atoms with van der Waals surface area (Å²) in [5.41, 5.74) is 7.48. The first-order valence-corrected chi connectivity index (χ1v) is 10.3. The highest BCUT2D eigenvalue weighted by Crippen LogP contribution is 2.25. The number of aromatic nitrogens is 4.